The Morgan fingerprint density at radius 3 is 2.80 bits per heavy atom. The first kappa shape index (κ1) is 14.7. The molecule has 0 aliphatic carbocycles. The van der Waals surface area contributed by atoms with Crippen LogP contribution in [0.15, 0.2) is 6.33 Å². The number of aliphatic hydroxyl groups is 1. The molecular formula is C13H21N5O2. The number of anilines is 1. The molecule has 0 unspecified atom stereocenters. The maximum atomic E-state index is 12.2. The number of nitrogens with two attached hydrogens (primary N) is 1. The van der Waals surface area contributed by atoms with Crippen LogP contribution >= 0.6 is 0 Å². The predicted molar refractivity (Wildman–Crippen MR) is 75.1 cm³/mol. The lowest BCUT2D eigenvalue weighted by molar-refractivity contribution is -0.135. The Bertz CT molecular complexity index is 504. The van der Waals surface area contributed by atoms with Gasteiger partial charge in [-0.05, 0) is 13.3 Å². The van der Waals surface area contributed by atoms with Gasteiger partial charge >= 0.3 is 0 Å². The van der Waals surface area contributed by atoms with E-state index >= 15 is 0 Å². The lowest BCUT2D eigenvalue weighted by Gasteiger charge is -2.32. The second-order valence-electron chi connectivity index (χ2n) is 5.29. The highest BCUT2D eigenvalue weighted by Crippen LogP contribution is 2.24. The normalized spacial score (nSPS) is 17.4. The molecule has 2 rings (SSSR count). The number of rotatable bonds is 3. The Kier molecular flexibility index (Phi) is 4.20. The standard InChI is InChI=1S/C13H21N5O2/c1-8(19)11(14)13(20)18-5-4-9-10(6-18)15-7-16-12(9)17(2)3/h7-8,11,19H,4-6,14H2,1-3H3/t8-,11+/m1/s1. The number of carbonyl (C=O) groups is 1. The van der Waals surface area contributed by atoms with E-state index in [1.54, 1.807) is 4.90 Å². The third-order valence-corrected chi connectivity index (χ3v) is 3.52. The molecule has 0 radical (unpaired) electrons. The van der Waals surface area contributed by atoms with Gasteiger partial charge in [0, 0.05) is 26.2 Å². The summed E-state index contributed by atoms with van der Waals surface area (Å²) < 4.78 is 0. The molecule has 0 saturated heterocycles. The number of aromatic nitrogens is 2. The van der Waals surface area contributed by atoms with Crippen molar-refractivity contribution in [1.29, 1.82) is 0 Å². The van der Waals surface area contributed by atoms with Crippen molar-refractivity contribution in [3.8, 4) is 0 Å². The van der Waals surface area contributed by atoms with Gasteiger partial charge in [-0.3, -0.25) is 4.79 Å². The van der Waals surface area contributed by atoms with E-state index in [0.717, 1.165) is 17.1 Å². The van der Waals surface area contributed by atoms with Crippen LogP contribution in [0.4, 0.5) is 5.82 Å². The third kappa shape index (κ3) is 2.73. The molecule has 20 heavy (non-hydrogen) atoms. The smallest absolute Gasteiger partial charge is 0.242 e. The van der Waals surface area contributed by atoms with Gasteiger partial charge in [-0.25, -0.2) is 9.97 Å². The molecule has 7 heteroatoms. The summed E-state index contributed by atoms with van der Waals surface area (Å²) >= 11 is 0. The lowest BCUT2D eigenvalue weighted by Crippen LogP contribution is -2.50. The van der Waals surface area contributed by atoms with Gasteiger partial charge in [0.2, 0.25) is 5.91 Å². The number of amides is 1. The fourth-order valence-electron chi connectivity index (χ4n) is 2.33. The third-order valence-electron chi connectivity index (χ3n) is 3.52. The van der Waals surface area contributed by atoms with Crippen LogP contribution in [0.1, 0.15) is 18.2 Å². The van der Waals surface area contributed by atoms with E-state index in [4.69, 9.17) is 5.73 Å². The molecule has 1 aliphatic rings. The first-order chi connectivity index (χ1) is 9.41. The molecule has 0 bridgehead atoms. The number of nitrogens with zero attached hydrogens (tertiary/aromatic N) is 4. The van der Waals surface area contributed by atoms with Gasteiger partial charge in [0.05, 0.1) is 18.3 Å². The zero-order valence-electron chi connectivity index (χ0n) is 12.1. The van der Waals surface area contributed by atoms with E-state index in [0.29, 0.717) is 19.5 Å². The monoisotopic (exact) mass is 279 g/mol. The predicted octanol–water partition coefficient (Wildman–Crippen LogP) is -0.865. The van der Waals surface area contributed by atoms with Crippen molar-refractivity contribution < 1.29 is 9.90 Å². The molecule has 2 atom stereocenters. The number of hydrogen-bond acceptors (Lipinski definition) is 6. The molecular weight excluding hydrogens is 258 g/mol. The molecule has 1 aliphatic heterocycles. The van der Waals surface area contributed by atoms with Crippen LogP contribution in [0.2, 0.25) is 0 Å². The molecule has 1 amide bonds. The Hall–Kier alpha value is -1.73. The van der Waals surface area contributed by atoms with E-state index in [2.05, 4.69) is 9.97 Å². The van der Waals surface area contributed by atoms with Gasteiger partial charge in [0.15, 0.2) is 0 Å². The zero-order valence-corrected chi connectivity index (χ0v) is 12.1. The van der Waals surface area contributed by atoms with E-state index in [-0.39, 0.29) is 5.91 Å². The molecule has 110 valence electrons. The van der Waals surface area contributed by atoms with E-state index in [1.807, 2.05) is 19.0 Å². The highest BCUT2D eigenvalue weighted by atomic mass is 16.3. The van der Waals surface area contributed by atoms with Crippen LogP contribution in [0, 0.1) is 0 Å². The molecule has 0 spiro atoms. The van der Waals surface area contributed by atoms with Gasteiger partial charge in [0.1, 0.15) is 18.2 Å². The average Bonchev–Trinajstić information content (AvgIpc) is 2.44. The van der Waals surface area contributed by atoms with Gasteiger partial charge in [0.25, 0.3) is 0 Å². The van der Waals surface area contributed by atoms with Crippen molar-refractivity contribution in [3.05, 3.63) is 17.6 Å². The summed E-state index contributed by atoms with van der Waals surface area (Å²) in [6.07, 6.45) is 1.35. The number of fused-ring (bicyclic) bond motifs is 1. The van der Waals surface area contributed by atoms with Crippen LogP contribution in [0.5, 0.6) is 0 Å². The van der Waals surface area contributed by atoms with Crippen molar-refractivity contribution in [2.45, 2.75) is 32.0 Å². The second kappa shape index (κ2) is 5.72. The lowest BCUT2D eigenvalue weighted by atomic mass is 10.0. The summed E-state index contributed by atoms with van der Waals surface area (Å²) in [6, 6.07) is -0.883. The van der Waals surface area contributed by atoms with Crippen molar-refractivity contribution in [1.82, 2.24) is 14.9 Å². The van der Waals surface area contributed by atoms with Gasteiger partial charge in [-0.1, -0.05) is 0 Å². The summed E-state index contributed by atoms with van der Waals surface area (Å²) in [6.45, 7) is 2.51. The first-order valence-electron chi connectivity index (χ1n) is 6.64. The maximum Gasteiger partial charge on any atom is 0.242 e. The van der Waals surface area contributed by atoms with Gasteiger partial charge < -0.3 is 20.6 Å². The van der Waals surface area contributed by atoms with E-state index in [1.165, 1.54) is 13.3 Å². The van der Waals surface area contributed by atoms with Crippen LogP contribution in [0.3, 0.4) is 0 Å². The van der Waals surface area contributed by atoms with Crippen LogP contribution in [-0.2, 0) is 17.8 Å². The number of hydrogen-bond donors (Lipinski definition) is 2. The minimum absolute atomic E-state index is 0.240. The average molecular weight is 279 g/mol. The van der Waals surface area contributed by atoms with Crippen LogP contribution in [0.25, 0.3) is 0 Å². The van der Waals surface area contributed by atoms with E-state index in [9.17, 15) is 9.90 Å². The molecule has 0 saturated carbocycles. The van der Waals surface area contributed by atoms with Crippen molar-refractivity contribution in [2.75, 3.05) is 25.5 Å². The molecule has 0 aromatic carbocycles. The molecule has 7 nitrogen and oxygen atoms in total. The van der Waals surface area contributed by atoms with Crippen molar-refractivity contribution >= 4 is 11.7 Å². The Balaban J connectivity index is 2.20. The Morgan fingerprint density at radius 1 is 1.50 bits per heavy atom. The molecule has 3 N–H and O–H groups in total. The van der Waals surface area contributed by atoms with Crippen LogP contribution in [-0.4, -0.2) is 58.7 Å². The summed E-state index contributed by atoms with van der Waals surface area (Å²) in [5, 5.41) is 9.43. The van der Waals surface area contributed by atoms with Gasteiger partial charge in [-0.15, -0.1) is 0 Å². The fourth-order valence-corrected chi connectivity index (χ4v) is 2.33. The SMILES string of the molecule is C[C@@H](O)[C@H](N)C(=O)N1CCc2c(ncnc2N(C)C)C1. The molecule has 0 fully saturated rings. The summed E-state index contributed by atoms with van der Waals surface area (Å²) in [7, 11) is 3.87. The topological polar surface area (TPSA) is 95.6 Å². The summed E-state index contributed by atoms with van der Waals surface area (Å²) in [4.78, 5) is 24.3. The van der Waals surface area contributed by atoms with Crippen molar-refractivity contribution in [3.63, 3.8) is 0 Å². The van der Waals surface area contributed by atoms with E-state index < -0.39 is 12.1 Å². The van der Waals surface area contributed by atoms with Crippen molar-refractivity contribution in [2.24, 2.45) is 5.73 Å². The largest absolute Gasteiger partial charge is 0.391 e. The first-order valence-corrected chi connectivity index (χ1v) is 6.64. The zero-order chi connectivity index (χ0) is 14.9. The number of aliphatic hydroxyl groups excluding tert-OH is 1. The molecule has 1 aromatic heterocycles. The highest BCUT2D eigenvalue weighted by Gasteiger charge is 2.29. The quantitative estimate of drug-likeness (QED) is 0.747. The Morgan fingerprint density at radius 2 is 2.20 bits per heavy atom. The summed E-state index contributed by atoms with van der Waals surface area (Å²) in [5.41, 5.74) is 7.63. The maximum absolute atomic E-state index is 12.2. The molecule has 1 aromatic rings. The summed E-state index contributed by atoms with van der Waals surface area (Å²) in [5.74, 6) is 0.651. The molecule has 2 heterocycles. The minimum Gasteiger partial charge on any atom is -0.391 e. The van der Waals surface area contributed by atoms with Crippen LogP contribution < -0.4 is 10.6 Å². The fraction of sp³-hybridized carbons (Fsp3) is 0.615. The second-order valence-corrected chi connectivity index (χ2v) is 5.29. The van der Waals surface area contributed by atoms with Gasteiger partial charge in [-0.2, -0.15) is 0 Å². The highest BCUT2D eigenvalue weighted by molar-refractivity contribution is 5.82. The Labute approximate surface area is 118 Å². The number of carbonyl (C=O) groups excluding carboxylic acids is 1. The minimum atomic E-state index is -0.883.